The van der Waals surface area contributed by atoms with Crippen LogP contribution in [0.2, 0.25) is 0 Å². The fraction of sp³-hybridized carbons (Fsp3) is 0.500. The van der Waals surface area contributed by atoms with Gasteiger partial charge in [-0.1, -0.05) is 0 Å². The third kappa shape index (κ3) is 6.84. The largest absolute Gasteiger partial charge is 0.473 e. The molecule has 2 aromatic rings. The zero-order valence-corrected chi connectivity index (χ0v) is 22.2. The average Bonchev–Trinajstić information content (AvgIpc) is 3.39. The van der Waals surface area contributed by atoms with E-state index >= 15 is 0 Å². The van der Waals surface area contributed by atoms with E-state index in [-0.39, 0.29) is 43.0 Å². The number of urea groups is 1. The number of aromatic nitrogens is 1. The molecule has 40 heavy (non-hydrogen) atoms. The highest BCUT2D eigenvalue weighted by Crippen LogP contribution is 2.36. The summed E-state index contributed by atoms with van der Waals surface area (Å²) in [4.78, 5) is 20.8. The molecule has 1 aromatic carbocycles. The van der Waals surface area contributed by atoms with Gasteiger partial charge in [-0.3, -0.25) is 0 Å². The second kappa shape index (κ2) is 12.0. The molecule has 3 fully saturated rings. The Kier molecular flexibility index (Phi) is 8.46. The Labute approximate surface area is 229 Å². The summed E-state index contributed by atoms with van der Waals surface area (Å²) in [6, 6.07) is 4.15. The number of pyridine rings is 1. The Morgan fingerprint density at radius 3 is 2.55 bits per heavy atom. The number of ether oxygens (including phenoxy) is 3. The van der Waals surface area contributed by atoms with Crippen LogP contribution >= 0.6 is 0 Å². The van der Waals surface area contributed by atoms with Crippen molar-refractivity contribution in [2.45, 2.75) is 38.5 Å². The molecule has 0 atom stereocenters. The smallest absolute Gasteiger partial charge is 0.409 e. The lowest BCUT2D eigenvalue weighted by molar-refractivity contribution is -0.0806. The molecule has 0 bridgehead atoms. The molecule has 8 nitrogen and oxygen atoms in total. The van der Waals surface area contributed by atoms with Gasteiger partial charge in [-0.15, -0.1) is 0 Å². The number of aryl methyl sites for hydroxylation is 1. The minimum absolute atomic E-state index is 0.00153. The van der Waals surface area contributed by atoms with E-state index in [1.807, 2.05) is 6.07 Å². The Balaban J connectivity index is 1.39. The summed E-state index contributed by atoms with van der Waals surface area (Å²) in [6.45, 7) is 5.47. The zero-order valence-electron chi connectivity index (χ0n) is 22.2. The van der Waals surface area contributed by atoms with Gasteiger partial charge >= 0.3 is 12.2 Å². The molecule has 3 aliphatic heterocycles. The average molecular weight is 565 g/mol. The van der Waals surface area contributed by atoms with Crippen molar-refractivity contribution in [3.8, 4) is 17.0 Å². The van der Waals surface area contributed by atoms with Crippen molar-refractivity contribution >= 4 is 17.4 Å². The molecule has 3 saturated heterocycles. The number of benzene rings is 1. The molecule has 0 aliphatic carbocycles. The summed E-state index contributed by atoms with van der Waals surface area (Å²) >= 11 is 0. The van der Waals surface area contributed by atoms with Crippen molar-refractivity contribution < 1.29 is 36.6 Å². The molecule has 4 heterocycles. The standard InChI is InChI=1S/C28H32F4N4O4/c1-18-12-23(29)24(34-27(37)36-5-2-19(17-36)15-28(30,31)32)14-22(18)20-13-25(35-6-10-39-11-7-35)26(33-16-20)40-21-3-8-38-9-4-21/h12-16,21H,2-11,17H2,1H3,(H,34,37)/b19-15-. The number of halogens is 4. The Morgan fingerprint density at radius 2 is 1.82 bits per heavy atom. The number of rotatable bonds is 5. The SMILES string of the molecule is Cc1cc(F)c(NC(=O)N2CC/C(=C/C(F)(F)F)C2)cc1-c1cnc(OC2CCOCC2)c(N2CCOCC2)c1. The van der Waals surface area contributed by atoms with E-state index in [2.05, 4.69) is 15.2 Å². The first-order chi connectivity index (χ1) is 19.2. The molecule has 2 amide bonds. The lowest BCUT2D eigenvalue weighted by Crippen LogP contribution is -2.37. The highest BCUT2D eigenvalue weighted by Gasteiger charge is 2.29. The van der Waals surface area contributed by atoms with Crippen molar-refractivity contribution in [1.29, 1.82) is 0 Å². The fourth-order valence-electron chi connectivity index (χ4n) is 5.14. The maximum Gasteiger partial charge on any atom is 0.409 e. The summed E-state index contributed by atoms with van der Waals surface area (Å²) in [5, 5.41) is 2.54. The van der Waals surface area contributed by atoms with Gasteiger partial charge < -0.3 is 29.3 Å². The van der Waals surface area contributed by atoms with Crippen LogP contribution in [0.5, 0.6) is 5.88 Å². The Hall–Kier alpha value is -3.38. The van der Waals surface area contributed by atoms with Gasteiger partial charge in [0.05, 0.1) is 32.1 Å². The first kappa shape index (κ1) is 28.2. The quantitative estimate of drug-likeness (QED) is 0.392. The number of nitrogens with one attached hydrogen (secondary N) is 1. The van der Waals surface area contributed by atoms with Gasteiger partial charge in [0.15, 0.2) is 0 Å². The van der Waals surface area contributed by atoms with Crippen LogP contribution in [-0.2, 0) is 9.47 Å². The molecule has 0 saturated carbocycles. The molecule has 1 N–H and O–H groups in total. The maximum atomic E-state index is 14.9. The lowest BCUT2D eigenvalue weighted by atomic mass is 10.00. The number of carbonyl (C=O) groups excluding carboxylic acids is 1. The number of morpholine rings is 1. The Bertz CT molecular complexity index is 1260. The number of anilines is 2. The molecule has 3 aliphatic rings. The van der Waals surface area contributed by atoms with Crippen molar-refractivity contribution in [2.75, 3.05) is 62.8 Å². The Morgan fingerprint density at radius 1 is 1.10 bits per heavy atom. The predicted molar refractivity (Wildman–Crippen MR) is 141 cm³/mol. The monoisotopic (exact) mass is 564 g/mol. The van der Waals surface area contributed by atoms with Crippen LogP contribution in [0.3, 0.4) is 0 Å². The van der Waals surface area contributed by atoms with Crippen molar-refractivity contribution in [3.63, 3.8) is 0 Å². The highest BCUT2D eigenvalue weighted by molar-refractivity contribution is 5.91. The van der Waals surface area contributed by atoms with Crippen LogP contribution in [-0.4, -0.2) is 80.8 Å². The minimum atomic E-state index is -4.45. The number of hydrogen-bond donors (Lipinski definition) is 1. The molecule has 1 aromatic heterocycles. The molecular formula is C28H32F4N4O4. The number of amides is 2. The van der Waals surface area contributed by atoms with E-state index in [1.165, 1.54) is 17.0 Å². The number of alkyl halides is 3. The van der Waals surface area contributed by atoms with E-state index in [0.717, 1.165) is 18.5 Å². The number of nitrogens with zero attached hydrogens (tertiary/aromatic N) is 3. The predicted octanol–water partition coefficient (Wildman–Crippen LogP) is 5.32. The third-order valence-corrected chi connectivity index (χ3v) is 7.25. The fourth-order valence-corrected chi connectivity index (χ4v) is 5.14. The first-order valence-corrected chi connectivity index (χ1v) is 13.4. The van der Waals surface area contributed by atoms with Crippen LogP contribution in [0.15, 0.2) is 36.0 Å². The van der Waals surface area contributed by atoms with E-state index in [0.29, 0.717) is 62.1 Å². The zero-order chi connectivity index (χ0) is 28.3. The highest BCUT2D eigenvalue weighted by atomic mass is 19.4. The van der Waals surface area contributed by atoms with Crippen LogP contribution in [0, 0.1) is 12.7 Å². The van der Waals surface area contributed by atoms with Crippen molar-refractivity contribution in [1.82, 2.24) is 9.88 Å². The van der Waals surface area contributed by atoms with Crippen LogP contribution < -0.4 is 15.0 Å². The molecule has 5 rings (SSSR count). The van der Waals surface area contributed by atoms with Gasteiger partial charge in [0, 0.05) is 56.9 Å². The van der Waals surface area contributed by atoms with E-state index in [4.69, 9.17) is 14.2 Å². The van der Waals surface area contributed by atoms with E-state index in [9.17, 15) is 22.4 Å². The van der Waals surface area contributed by atoms with Gasteiger partial charge in [0.1, 0.15) is 17.6 Å². The second-order valence-electron chi connectivity index (χ2n) is 10.2. The number of carbonyl (C=O) groups is 1. The molecule has 0 radical (unpaired) electrons. The molecule has 216 valence electrons. The third-order valence-electron chi connectivity index (χ3n) is 7.25. The van der Waals surface area contributed by atoms with Gasteiger partial charge in [0.2, 0.25) is 5.88 Å². The number of hydrogen-bond acceptors (Lipinski definition) is 6. The minimum Gasteiger partial charge on any atom is -0.473 e. The normalized spacial score (nSPS) is 19.8. The summed E-state index contributed by atoms with van der Waals surface area (Å²) in [5.74, 6) is -0.122. The summed E-state index contributed by atoms with van der Waals surface area (Å²) in [6.07, 6.45) is -0.893. The van der Waals surface area contributed by atoms with Gasteiger partial charge in [0.25, 0.3) is 0 Å². The molecule has 12 heteroatoms. The summed E-state index contributed by atoms with van der Waals surface area (Å²) < 4.78 is 70.3. The molecule has 0 unspecified atom stereocenters. The maximum absolute atomic E-state index is 14.9. The van der Waals surface area contributed by atoms with Crippen LogP contribution in [0.4, 0.5) is 33.7 Å². The van der Waals surface area contributed by atoms with Gasteiger partial charge in [-0.05, 0) is 48.2 Å². The molecule has 0 spiro atoms. The topological polar surface area (TPSA) is 76.2 Å². The van der Waals surface area contributed by atoms with Gasteiger partial charge in [-0.2, -0.15) is 13.2 Å². The van der Waals surface area contributed by atoms with Crippen LogP contribution in [0.25, 0.3) is 11.1 Å². The number of likely N-dealkylation sites (tertiary alicyclic amines) is 1. The van der Waals surface area contributed by atoms with Crippen molar-refractivity contribution in [3.05, 3.63) is 47.4 Å². The first-order valence-electron chi connectivity index (χ1n) is 13.4. The molecular weight excluding hydrogens is 532 g/mol. The lowest BCUT2D eigenvalue weighted by Gasteiger charge is -2.31. The van der Waals surface area contributed by atoms with Crippen molar-refractivity contribution in [2.24, 2.45) is 0 Å². The number of allylic oxidation sites excluding steroid dienone is 1. The van der Waals surface area contributed by atoms with Crippen LogP contribution in [0.1, 0.15) is 24.8 Å². The second-order valence-corrected chi connectivity index (χ2v) is 10.2. The van der Waals surface area contributed by atoms with E-state index in [1.54, 1.807) is 13.1 Å². The van der Waals surface area contributed by atoms with Gasteiger partial charge in [-0.25, -0.2) is 14.2 Å². The summed E-state index contributed by atoms with van der Waals surface area (Å²) in [7, 11) is 0. The van der Waals surface area contributed by atoms with E-state index < -0.39 is 18.0 Å². The summed E-state index contributed by atoms with van der Waals surface area (Å²) in [5.41, 5.74) is 2.87.